The molecule has 0 bridgehead atoms. The zero-order valence-corrected chi connectivity index (χ0v) is 7.95. The third kappa shape index (κ3) is 8.83. The second-order valence-corrected chi connectivity index (χ2v) is 0. The molecule has 1 nitrogen and oxygen atoms in total. The third-order valence-corrected chi connectivity index (χ3v) is 0. The van der Waals surface area contributed by atoms with Crippen molar-refractivity contribution in [3.63, 3.8) is 0 Å². The van der Waals surface area contributed by atoms with Crippen molar-refractivity contribution >= 4 is 0 Å². The first-order valence-corrected chi connectivity index (χ1v) is 0.595. The van der Waals surface area contributed by atoms with Gasteiger partial charge in [0.15, 0.2) is 0 Å². The molecule has 0 aromatic heterocycles. The van der Waals surface area contributed by atoms with Gasteiger partial charge in [-0.15, -0.1) is 0 Å². The molecule has 4 heteroatoms. The van der Waals surface area contributed by atoms with Gasteiger partial charge in [0.25, 0.3) is 0 Å². The van der Waals surface area contributed by atoms with Crippen LogP contribution in [0.3, 0.4) is 0 Å². The van der Waals surface area contributed by atoms with Crippen molar-refractivity contribution in [1.29, 1.82) is 0 Å². The van der Waals surface area contributed by atoms with Crippen LogP contribution in [0.2, 0.25) is 0 Å². The molecule has 0 N–H and O–H groups in total. The van der Waals surface area contributed by atoms with Crippen LogP contribution in [0.5, 0.6) is 0 Å². The fourth-order valence-corrected chi connectivity index (χ4v) is 0. The van der Waals surface area contributed by atoms with Gasteiger partial charge in [0, 0.05) is 0 Å². The van der Waals surface area contributed by atoms with Crippen molar-refractivity contribution < 1.29 is 88.1 Å². The summed E-state index contributed by atoms with van der Waals surface area (Å²) in [6.45, 7) is 0. The van der Waals surface area contributed by atoms with Gasteiger partial charge < -0.3 is 17.0 Å². The molecule has 0 aliphatic heterocycles. The Kier molecular flexibility index (Phi) is 72.6. The summed E-state index contributed by atoms with van der Waals surface area (Å²) in [4.78, 5) is 0. The summed E-state index contributed by atoms with van der Waals surface area (Å²) >= 11 is 2.00. The van der Waals surface area contributed by atoms with E-state index >= 15 is 0 Å². The SMILES string of the molecule is [Br-].[K+].[O]=[Fe]. The van der Waals surface area contributed by atoms with E-state index in [1.165, 1.54) is 0 Å². The van der Waals surface area contributed by atoms with E-state index in [1.807, 2.05) is 15.9 Å². The Balaban J connectivity index is -0.00000000500. The fourth-order valence-electron chi connectivity index (χ4n) is 0. The van der Waals surface area contributed by atoms with E-state index in [4.69, 9.17) is 3.83 Å². The van der Waals surface area contributed by atoms with Crippen LogP contribution in [0.1, 0.15) is 0 Å². The molecule has 0 saturated heterocycles. The van der Waals surface area contributed by atoms with Crippen molar-refractivity contribution in [2.45, 2.75) is 0 Å². The molecule has 0 radical (unpaired) electrons. The Hall–Kier alpha value is 2.44. The summed E-state index contributed by atoms with van der Waals surface area (Å²) in [6, 6.07) is 0. The van der Waals surface area contributed by atoms with E-state index in [2.05, 4.69) is 0 Å². The minimum absolute atomic E-state index is 0. The predicted molar refractivity (Wildman–Crippen MR) is 0.686 cm³/mol. The Morgan fingerprint density at radius 1 is 1.25 bits per heavy atom. The molecule has 0 unspecified atom stereocenters. The summed E-state index contributed by atoms with van der Waals surface area (Å²) in [6.07, 6.45) is 0. The van der Waals surface area contributed by atoms with Gasteiger partial charge in [-0.2, -0.15) is 0 Å². The topological polar surface area (TPSA) is 17.1 Å². The van der Waals surface area contributed by atoms with E-state index < -0.39 is 0 Å². The zero-order valence-electron chi connectivity index (χ0n) is 2.14. The summed E-state index contributed by atoms with van der Waals surface area (Å²) in [5.74, 6) is 0. The second-order valence-electron chi connectivity index (χ2n) is 0. The van der Waals surface area contributed by atoms with Crippen LogP contribution in [0, 0.1) is 0 Å². The van der Waals surface area contributed by atoms with Gasteiger partial charge in [-0.1, -0.05) is 0 Å². The Morgan fingerprint density at radius 2 is 1.25 bits per heavy atom. The summed E-state index contributed by atoms with van der Waals surface area (Å²) in [5.41, 5.74) is 0. The van der Waals surface area contributed by atoms with E-state index in [1.54, 1.807) is 0 Å². The Morgan fingerprint density at radius 3 is 1.25 bits per heavy atom. The first-order valence-electron chi connectivity index (χ1n) is 0.144. The van der Waals surface area contributed by atoms with E-state index in [-0.39, 0.29) is 68.4 Å². The molecule has 0 amide bonds. The molecule has 0 rings (SSSR count). The van der Waals surface area contributed by atoms with E-state index in [0.29, 0.717) is 0 Å². The molecule has 22 valence electrons. The van der Waals surface area contributed by atoms with Gasteiger partial charge >= 0.3 is 71.2 Å². The van der Waals surface area contributed by atoms with Crippen LogP contribution in [0.4, 0.5) is 0 Å². The van der Waals surface area contributed by atoms with E-state index in [9.17, 15) is 0 Å². The van der Waals surface area contributed by atoms with Crippen LogP contribution >= 0.6 is 0 Å². The molecule has 0 saturated carbocycles. The Labute approximate surface area is 86.1 Å². The minimum atomic E-state index is 0. The molecule has 0 aromatic carbocycles. The quantitative estimate of drug-likeness (QED) is 0.348. The van der Waals surface area contributed by atoms with Crippen LogP contribution in [0.25, 0.3) is 0 Å². The monoisotopic (exact) mass is 190 g/mol. The molecule has 0 aliphatic carbocycles. The fraction of sp³-hybridized carbons (Fsp3) is 0. The van der Waals surface area contributed by atoms with Gasteiger partial charge in [0.2, 0.25) is 0 Å². The van der Waals surface area contributed by atoms with Crippen LogP contribution in [-0.4, -0.2) is 0 Å². The molecule has 0 spiro atoms. The van der Waals surface area contributed by atoms with E-state index in [0.717, 1.165) is 0 Å². The molecule has 0 atom stereocenters. The average molecular weight is 191 g/mol. The molecular formula is BrFeKO. The van der Waals surface area contributed by atoms with Crippen molar-refractivity contribution in [2.75, 3.05) is 0 Å². The predicted octanol–water partition coefficient (Wildman–Crippen LogP) is -6.11. The molecule has 0 fully saturated rings. The number of hydrogen-bond acceptors (Lipinski definition) is 1. The van der Waals surface area contributed by atoms with Crippen molar-refractivity contribution in [1.82, 2.24) is 0 Å². The molecule has 0 heterocycles. The average Bonchev–Trinajstić information content (AvgIpc) is 1.00. The second kappa shape index (κ2) is 18.0. The number of halogens is 1. The molecule has 0 aliphatic rings. The van der Waals surface area contributed by atoms with Crippen LogP contribution in [0.15, 0.2) is 0 Å². The van der Waals surface area contributed by atoms with Gasteiger partial charge in [0.05, 0.1) is 0 Å². The molecule has 0 aromatic rings. The van der Waals surface area contributed by atoms with Crippen LogP contribution < -0.4 is 68.4 Å². The first kappa shape index (κ1) is 16.1. The van der Waals surface area contributed by atoms with Crippen molar-refractivity contribution in [3.05, 3.63) is 0 Å². The number of rotatable bonds is 0. The standard InChI is InChI=1S/BrH.Fe.K.O/h1H;;;/q;;+1;/p-1. The normalized spacial score (nSPS) is 1.25. The van der Waals surface area contributed by atoms with Crippen molar-refractivity contribution in [2.24, 2.45) is 0 Å². The van der Waals surface area contributed by atoms with Crippen LogP contribution in [-0.2, 0) is 19.8 Å². The number of hydrogen-bond donors (Lipinski definition) is 0. The Bertz CT molecular complexity index is 8.00. The third-order valence-electron chi connectivity index (χ3n) is 0. The zero-order chi connectivity index (χ0) is 2.00. The van der Waals surface area contributed by atoms with Crippen molar-refractivity contribution in [3.8, 4) is 0 Å². The van der Waals surface area contributed by atoms with Gasteiger partial charge in [-0.25, -0.2) is 0 Å². The molecular weight excluding hydrogens is 191 g/mol. The maximum absolute atomic E-state index is 8.00. The maximum atomic E-state index is 8.00. The van der Waals surface area contributed by atoms with Gasteiger partial charge in [-0.3, -0.25) is 0 Å². The summed E-state index contributed by atoms with van der Waals surface area (Å²) < 4.78 is 8.00. The van der Waals surface area contributed by atoms with Gasteiger partial charge in [0.1, 0.15) is 0 Å². The first-order chi connectivity index (χ1) is 1.00. The molecule has 4 heavy (non-hydrogen) atoms. The summed E-state index contributed by atoms with van der Waals surface area (Å²) in [7, 11) is 0. The van der Waals surface area contributed by atoms with Gasteiger partial charge in [-0.05, 0) is 0 Å². The summed E-state index contributed by atoms with van der Waals surface area (Å²) in [5, 5.41) is 0.